The summed E-state index contributed by atoms with van der Waals surface area (Å²) in [6.07, 6.45) is 2.66. The van der Waals surface area contributed by atoms with Gasteiger partial charge in [0, 0.05) is 19.4 Å². The molecule has 5 nitrogen and oxygen atoms in total. The van der Waals surface area contributed by atoms with Crippen molar-refractivity contribution in [2.24, 2.45) is 0 Å². The summed E-state index contributed by atoms with van der Waals surface area (Å²) in [5.41, 5.74) is 1.03. The van der Waals surface area contributed by atoms with E-state index in [9.17, 15) is 14.7 Å². The quantitative estimate of drug-likeness (QED) is 0.801. The minimum atomic E-state index is -0.655. The summed E-state index contributed by atoms with van der Waals surface area (Å²) < 4.78 is 0. The van der Waals surface area contributed by atoms with E-state index in [0.717, 1.165) is 18.4 Å². The maximum absolute atomic E-state index is 12.5. The molecular formula is C19H28N2O3. The Bertz CT molecular complexity index is 547. The fourth-order valence-corrected chi connectivity index (χ4v) is 3.14. The van der Waals surface area contributed by atoms with Crippen LogP contribution in [0.2, 0.25) is 0 Å². The lowest BCUT2D eigenvalue weighted by Gasteiger charge is -2.27. The molecule has 0 saturated carbocycles. The van der Waals surface area contributed by atoms with Gasteiger partial charge in [-0.25, -0.2) is 0 Å². The van der Waals surface area contributed by atoms with E-state index in [-0.39, 0.29) is 17.9 Å². The van der Waals surface area contributed by atoms with E-state index in [1.54, 1.807) is 11.8 Å². The summed E-state index contributed by atoms with van der Waals surface area (Å²) in [6.45, 7) is 4.42. The van der Waals surface area contributed by atoms with Gasteiger partial charge in [-0.1, -0.05) is 37.3 Å². The summed E-state index contributed by atoms with van der Waals surface area (Å²) in [4.78, 5) is 26.3. The number of hydrogen-bond donors (Lipinski definition) is 2. The van der Waals surface area contributed by atoms with E-state index in [0.29, 0.717) is 25.8 Å². The Morgan fingerprint density at radius 3 is 2.71 bits per heavy atom. The van der Waals surface area contributed by atoms with Crippen molar-refractivity contribution in [2.45, 2.75) is 64.1 Å². The van der Waals surface area contributed by atoms with Crippen LogP contribution in [0.15, 0.2) is 30.3 Å². The van der Waals surface area contributed by atoms with Crippen molar-refractivity contribution >= 4 is 11.8 Å². The molecule has 0 radical (unpaired) electrons. The number of nitrogens with one attached hydrogen (secondary N) is 1. The van der Waals surface area contributed by atoms with Crippen molar-refractivity contribution < 1.29 is 14.7 Å². The van der Waals surface area contributed by atoms with Crippen molar-refractivity contribution in [1.82, 2.24) is 10.2 Å². The van der Waals surface area contributed by atoms with E-state index in [1.165, 1.54) is 0 Å². The van der Waals surface area contributed by atoms with Gasteiger partial charge < -0.3 is 15.3 Å². The van der Waals surface area contributed by atoms with E-state index < -0.39 is 12.1 Å². The van der Waals surface area contributed by atoms with Crippen LogP contribution < -0.4 is 5.32 Å². The third-order valence-electron chi connectivity index (χ3n) is 4.57. The van der Waals surface area contributed by atoms with Crippen LogP contribution in [0.1, 0.15) is 45.1 Å². The number of aliphatic hydroxyl groups excluding tert-OH is 1. The molecule has 2 N–H and O–H groups in total. The van der Waals surface area contributed by atoms with Gasteiger partial charge in [-0.2, -0.15) is 0 Å². The number of amides is 2. The zero-order chi connectivity index (χ0) is 17.5. The SMILES string of the molecule is CCCC(=O)N1CCCC1C(=O)NC(C)C(O)Cc1ccccc1. The van der Waals surface area contributed by atoms with Crippen molar-refractivity contribution in [1.29, 1.82) is 0 Å². The maximum Gasteiger partial charge on any atom is 0.243 e. The lowest BCUT2D eigenvalue weighted by atomic mass is 10.0. The van der Waals surface area contributed by atoms with Gasteiger partial charge in [0.25, 0.3) is 0 Å². The van der Waals surface area contributed by atoms with Gasteiger partial charge in [-0.05, 0) is 31.7 Å². The lowest BCUT2D eigenvalue weighted by Crippen LogP contribution is -2.51. The van der Waals surface area contributed by atoms with Crippen molar-refractivity contribution in [3.05, 3.63) is 35.9 Å². The molecule has 1 aromatic carbocycles. The molecule has 5 heteroatoms. The van der Waals surface area contributed by atoms with Crippen molar-refractivity contribution in [3.63, 3.8) is 0 Å². The first kappa shape index (κ1) is 18.5. The maximum atomic E-state index is 12.5. The zero-order valence-corrected chi connectivity index (χ0v) is 14.6. The predicted octanol–water partition coefficient (Wildman–Crippen LogP) is 1.89. The smallest absolute Gasteiger partial charge is 0.243 e. The predicted molar refractivity (Wildman–Crippen MR) is 93.4 cm³/mol. The average molecular weight is 332 g/mol. The first-order chi connectivity index (χ1) is 11.5. The summed E-state index contributed by atoms with van der Waals surface area (Å²) in [5.74, 6) is -0.107. The third kappa shape index (κ3) is 4.81. The molecular weight excluding hydrogens is 304 g/mol. The Kier molecular flexibility index (Phi) is 6.79. The van der Waals surface area contributed by atoms with Gasteiger partial charge in [-0.3, -0.25) is 9.59 Å². The monoisotopic (exact) mass is 332 g/mol. The molecule has 0 aromatic heterocycles. The number of likely N-dealkylation sites (tertiary alicyclic amines) is 1. The van der Waals surface area contributed by atoms with Gasteiger partial charge in [0.15, 0.2) is 0 Å². The van der Waals surface area contributed by atoms with Crippen LogP contribution in [0, 0.1) is 0 Å². The molecule has 3 atom stereocenters. The fraction of sp³-hybridized carbons (Fsp3) is 0.579. The van der Waals surface area contributed by atoms with Gasteiger partial charge in [-0.15, -0.1) is 0 Å². The van der Waals surface area contributed by atoms with Gasteiger partial charge in [0.05, 0.1) is 12.1 Å². The molecule has 1 aromatic rings. The van der Waals surface area contributed by atoms with Crippen LogP contribution in [0.4, 0.5) is 0 Å². The molecule has 1 fully saturated rings. The second kappa shape index (κ2) is 8.83. The topological polar surface area (TPSA) is 69.6 Å². The van der Waals surface area contributed by atoms with Crippen LogP contribution in [0.3, 0.4) is 0 Å². The number of benzene rings is 1. The second-order valence-corrected chi connectivity index (χ2v) is 6.55. The molecule has 2 rings (SSSR count). The fourth-order valence-electron chi connectivity index (χ4n) is 3.14. The second-order valence-electron chi connectivity index (χ2n) is 6.55. The van der Waals surface area contributed by atoms with Gasteiger partial charge in [0.1, 0.15) is 6.04 Å². The largest absolute Gasteiger partial charge is 0.391 e. The highest BCUT2D eigenvalue weighted by Gasteiger charge is 2.34. The first-order valence-corrected chi connectivity index (χ1v) is 8.84. The molecule has 1 aliphatic heterocycles. The van der Waals surface area contributed by atoms with E-state index >= 15 is 0 Å². The number of carbonyl (C=O) groups excluding carboxylic acids is 2. The van der Waals surface area contributed by atoms with Crippen molar-refractivity contribution in [2.75, 3.05) is 6.54 Å². The summed E-state index contributed by atoms with van der Waals surface area (Å²) in [5, 5.41) is 13.2. The van der Waals surface area contributed by atoms with Gasteiger partial charge in [0.2, 0.25) is 11.8 Å². The molecule has 2 amide bonds. The van der Waals surface area contributed by atoms with Crippen LogP contribution >= 0.6 is 0 Å². The minimum absolute atomic E-state index is 0.0487. The third-order valence-corrected chi connectivity index (χ3v) is 4.57. The van der Waals surface area contributed by atoms with E-state index in [2.05, 4.69) is 5.32 Å². The normalized spacial score (nSPS) is 19.8. The zero-order valence-electron chi connectivity index (χ0n) is 14.6. The van der Waals surface area contributed by atoms with E-state index in [1.807, 2.05) is 37.3 Å². The number of hydrogen-bond acceptors (Lipinski definition) is 3. The molecule has 0 bridgehead atoms. The molecule has 24 heavy (non-hydrogen) atoms. The highest BCUT2D eigenvalue weighted by molar-refractivity contribution is 5.88. The highest BCUT2D eigenvalue weighted by atomic mass is 16.3. The summed E-state index contributed by atoms with van der Waals surface area (Å²) in [6, 6.07) is 8.96. The summed E-state index contributed by atoms with van der Waals surface area (Å²) >= 11 is 0. The Labute approximate surface area is 144 Å². The molecule has 0 aliphatic carbocycles. The van der Waals surface area contributed by atoms with E-state index in [4.69, 9.17) is 0 Å². The first-order valence-electron chi connectivity index (χ1n) is 8.84. The van der Waals surface area contributed by atoms with Crippen LogP contribution in [0.5, 0.6) is 0 Å². The highest BCUT2D eigenvalue weighted by Crippen LogP contribution is 2.19. The Morgan fingerprint density at radius 2 is 2.04 bits per heavy atom. The Morgan fingerprint density at radius 1 is 1.33 bits per heavy atom. The minimum Gasteiger partial charge on any atom is -0.391 e. The molecule has 3 unspecified atom stereocenters. The lowest BCUT2D eigenvalue weighted by molar-refractivity contribution is -0.139. The number of nitrogens with zero attached hydrogens (tertiary/aromatic N) is 1. The molecule has 1 saturated heterocycles. The van der Waals surface area contributed by atoms with Crippen molar-refractivity contribution in [3.8, 4) is 0 Å². The number of rotatable bonds is 7. The van der Waals surface area contributed by atoms with Crippen LogP contribution in [0.25, 0.3) is 0 Å². The number of aliphatic hydroxyl groups is 1. The molecule has 132 valence electrons. The molecule has 1 heterocycles. The average Bonchev–Trinajstić information content (AvgIpc) is 3.05. The Balaban J connectivity index is 1.89. The summed E-state index contributed by atoms with van der Waals surface area (Å²) in [7, 11) is 0. The number of carbonyl (C=O) groups is 2. The van der Waals surface area contributed by atoms with Crippen LogP contribution in [-0.4, -0.2) is 46.6 Å². The molecule has 1 aliphatic rings. The Hall–Kier alpha value is -1.88. The van der Waals surface area contributed by atoms with Crippen LogP contribution in [-0.2, 0) is 16.0 Å². The molecule has 0 spiro atoms. The van der Waals surface area contributed by atoms with Gasteiger partial charge >= 0.3 is 0 Å². The standard InChI is InChI=1S/C19H28N2O3/c1-3-8-18(23)21-12-7-11-16(21)19(24)20-14(2)17(22)13-15-9-5-4-6-10-15/h4-6,9-10,14,16-17,22H,3,7-8,11-13H2,1-2H3,(H,20,24).